The van der Waals surface area contributed by atoms with Crippen molar-refractivity contribution >= 4 is 46.3 Å². The van der Waals surface area contributed by atoms with Crippen LogP contribution in [0.15, 0.2) is 304 Å². The molecule has 0 aliphatic heterocycles. The number of benzene rings is 14. The minimum Gasteiger partial charge on any atom is -0.457 e. The van der Waals surface area contributed by atoms with Gasteiger partial charge < -0.3 is 19.3 Å². The lowest BCUT2D eigenvalue weighted by molar-refractivity contribution is 0.481. The molecular formula is C90H54F10N2O2. The number of halogens is 10. The van der Waals surface area contributed by atoms with Crippen molar-refractivity contribution in [3.63, 3.8) is 0 Å². The molecule has 14 heteroatoms. The molecule has 2 unspecified atom stereocenters. The Morgan fingerprint density at radius 1 is 0.260 bits per heavy atom. The molecular weight excluding hydrogens is 1330 g/mol. The molecule has 0 amide bonds. The third-order valence-corrected chi connectivity index (χ3v) is 19.5. The highest BCUT2D eigenvalue weighted by atomic mass is 19.2. The zero-order valence-corrected chi connectivity index (χ0v) is 54.8. The number of anilines is 6. The summed E-state index contributed by atoms with van der Waals surface area (Å²) in [5.74, 6) is -9.48. The molecule has 0 aromatic heterocycles. The smallest absolute Gasteiger partial charge is 0.160 e. The third kappa shape index (κ3) is 11.1. The van der Waals surface area contributed by atoms with Crippen LogP contribution >= 0.6 is 0 Å². The van der Waals surface area contributed by atoms with Gasteiger partial charge in [0.25, 0.3) is 0 Å². The van der Waals surface area contributed by atoms with Gasteiger partial charge in [-0.3, -0.25) is 0 Å². The van der Waals surface area contributed by atoms with E-state index in [1.807, 2.05) is 60.7 Å². The molecule has 2 aliphatic rings. The summed E-state index contributed by atoms with van der Waals surface area (Å²) in [7, 11) is 0. The summed E-state index contributed by atoms with van der Waals surface area (Å²) in [6.07, 6.45) is 3.40. The van der Waals surface area contributed by atoms with Gasteiger partial charge >= 0.3 is 0 Å². The average Bonchev–Trinajstić information content (AvgIpc) is 1.51. The quantitative estimate of drug-likeness (QED) is 0.0849. The van der Waals surface area contributed by atoms with Crippen LogP contribution in [0, 0.1) is 58.2 Å². The second kappa shape index (κ2) is 26.2. The molecule has 0 saturated carbocycles. The van der Waals surface area contributed by atoms with Crippen molar-refractivity contribution < 1.29 is 53.4 Å². The van der Waals surface area contributed by atoms with Gasteiger partial charge in [0, 0.05) is 81.6 Å². The first kappa shape index (κ1) is 65.7. The summed E-state index contributed by atoms with van der Waals surface area (Å²) in [6, 6.07) is 76.7. The van der Waals surface area contributed by atoms with Gasteiger partial charge in [-0.1, -0.05) is 159 Å². The normalized spacial score (nSPS) is 14.6. The van der Waals surface area contributed by atoms with E-state index in [-0.39, 0.29) is 11.4 Å². The number of hydrogen-bond donors (Lipinski definition) is 0. The molecule has 2 atom stereocenters. The molecule has 0 spiro atoms. The number of hydrogen-bond acceptors (Lipinski definition) is 4. The topological polar surface area (TPSA) is 24.9 Å². The van der Waals surface area contributed by atoms with Crippen molar-refractivity contribution in [1.29, 1.82) is 0 Å². The van der Waals surface area contributed by atoms with E-state index < -0.39 is 80.1 Å². The van der Waals surface area contributed by atoms with Crippen molar-refractivity contribution in [2.75, 3.05) is 9.80 Å². The summed E-state index contributed by atoms with van der Waals surface area (Å²) in [6.45, 7) is 7.63. The van der Waals surface area contributed by atoms with Crippen LogP contribution in [-0.4, -0.2) is 0 Å². The monoisotopic (exact) mass is 1380 g/mol. The van der Waals surface area contributed by atoms with Crippen LogP contribution in [0.2, 0.25) is 0 Å². The lowest BCUT2D eigenvalue weighted by Crippen LogP contribution is -2.31. The van der Waals surface area contributed by atoms with Gasteiger partial charge in [-0.05, 0) is 199 Å². The van der Waals surface area contributed by atoms with Gasteiger partial charge in [0.05, 0.1) is 10.8 Å². The van der Waals surface area contributed by atoms with E-state index >= 15 is 43.9 Å². The van der Waals surface area contributed by atoms with Gasteiger partial charge in [0.15, 0.2) is 23.3 Å². The van der Waals surface area contributed by atoms with Crippen LogP contribution in [-0.2, 0) is 10.8 Å². The van der Waals surface area contributed by atoms with Gasteiger partial charge in [-0.15, -0.1) is 0 Å². The van der Waals surface area contributed by atoms with E-state index in [9.17, 15) is 0 Å². The zero-order valence-electron chi connectivity index (χ0n) is 54.8. The summed E-state index contributed by atoms with van der Waals surface area (Å²) in [5.41, 5.74) is 5.55. The third-order valence-electron chi connectivity index (χ3n) is 19.5. The van der Waals surface area contributed by atoms with E-state index in [0.29, 0.717) is 137 Å². The Kier molecular flexibility index (Phi) is 16.6. The van der Waals surface area contributed by atoms with Crippen LogP contribution in [0.4, 0.5) is 78.0 Å². The molecule has 0 radical (unpaired) electrons. The second-order valence-electron chi connectivity index (χ2n) is 25.3. The molecule has 0 fully saturated rings. The highest BCUT2D eigenvalue weighted by molar-refractivity contribution is 5.92. The maximum absolute atomic E-state index is 17.1. The Hall–Kier alpha value is -12.9. The number of rotatable bonds is 17. The maximum atomic E-state index is 17.1. The van der Waals surface area contributed by atoms with Gasteiger partial charge in [0.2, 0.25) is 0 Å². The predicted octanol–water partition coefficient (Wildman–Crippen LogP) is 25.3. The summed E-state index contributed by atoms with van der Waals surface area (Å²) in [4.78, 5) is 3.35. The van der Waals surface area contributed by atoms with Gasteiger partial charge in [0.1, 0.15) is 57.9 Å². The molecule has 0 heterocycles. The first-order valence-electron chi connectivity index (χ1n) is 33.0. The van der Waals surface area contributed by atoms with E-state index in [1.165, 1.54) is 12.1 Å². The summed E-state index contributed by atoms with van der Waals surface area (Å²) >= 11 is 0. The number of ether oxygens (including phenoxy) is 2. The Balaban J connectivity index is 0.791. The maximum Gasteiger partial charge on any atom is 0.160 e. The van der Waals surface area contributed by atoms with Crippen LogP contribution in [0.3, 0.4) is 0 Å². The number of fused-ring (bicyclic) bond motifs is 6. The van der Waals surface area contributed by atoms with E-state index in [4.69, 9.17) is 9.47 Å². The molecule has 14 aromatic rings. The molecule has 104 heavy (non-hydrogen) atoms. The first-order chi connectivity index (χ1) is 50.5. The lowest BCUT2D eigenvalue weighted by Gasteiger charge is -2.35. The van der Waals surface area contributed by atoms with Crippen LogP contribution in [0.25, 0.3) is 45.5 Å². The fourth-order valence-electron chi connectivity index (χ4n) is 15.0. The van der Waals surface area contributed by atoms with E-state index in [2.05, 4.69) is 13.2 Å². The predicted molar refractivity (Wildman–Crippen MR) is 389 cm³/mol. The minimum atomic E-state index is -1.80. The fourth-order valence-corrected chi connectivity index (χ4v) is 15.0. The molecule has 0 bridgehead atoms. The van der Waals surface area contributed by atoms with Gasteiger partial charge in [-0.25, -0.2) is 43.9 Å². The summed E-state index contributed by atoms with van der Waals surface area (Å²) < 4.78 is 172. The van der Waals surface area contributed by atoms with Gasteiger partial charge in [-0.2, -0.15) is 0 Å². The largest absolute Gasteiger partial charge is 0.457 e. The van der Waals surface area contributed by atoms with Crippen molar-refractivity contribution in [3.05, 3.63) is 418 Å². The van der Waals surface area contributed by atoms with Crippen LogP contribution < -0.4 is 19.3 Å². The highest BCUT2D eigenvalue weighted by Crippen LogP contribution is 2.61. The Morgan fingerprint density at radius 2 is 0.558 bits per heavy atom. The molecule has 16 rings (SSSR count). The average molecular weight is 1390 g/mol. The van der Waals surface area contributed by atoms with Crippen molar-refractivity contribution in [3.8, 4) is 56.4 Å². The number of nitrogens with zero attached hydrogens (tertiary/aromatic N) is 2. The fraction of sp³-hybridized carbons (Fsp3) is 0.0222. The minimum absolute atomic E-state index is 0.177. The van der Waals surface area contributed by atoms with E-state index in [0.717, 1.165) is 35.4 Å². The zero-order chi connectivity index (χ0) is 71.7. The molecule has 2 aliphatic carbocycles. The second-order valence-corrected chi connectivity index (χ2v) is 25.3. The Bertz CT molecular complexity index is 5330. The molecule has 0 saturated heterocycles. The van der Waals surface area contributed by atoms with Crippen molar-refractivity contribution in [2.45, 2.75) is 10.8 Å². The lowest BCUT2D eigenvalue weighted by atomic mass is 9.67. The molecule has 4 nitrogen and oxygen atoms in total. The van der Waals surface area contributed by atoms with Crippen LogP contribution in [0.1, 0.15) is 55.6 Å². The first-order valence-corrected chi connectivity index (χ1v) is 33.0. The van der Waals surface area contributed by atoms with Crippen molar-refractivity contribution in [2.24, 2.45) is 0 Å². The highest BCUT2D eigenvalue weighted by Gasteiger charge is 2.52. The molecule has 14 aromatic carbocycles. The van der Waals surface area contributed by atoms with E-state index in [1.54, 1.807) is 192 Å². The SMILES string of the molecule is C=Cc1ccc(Oc2ccc(C3(c4c(F)cc(F)cc4F)c4ccccc4-c4ccc(N(c5ccc(-c6ccc(N(c7ccc(F)c(F)c7)c7ccc8c(c7)C(c7ccc(Oc9ccc(C=C)cc9)cc7)(c7c(F)cc(F)cc7F)c7ccccc7-8)cc6)cc5)c5ccc(F)c(F)c5)cc43)cc2)cc1. The standard InChI is InChI=1S/C90H54F10N2O2/c1-3-53-13-33-67(34-14-53)103-69-37-21-57(22-38-69)89(87-83(97)45-59(91)46-84(87)98)75-11-7-5-9-71(75)73-41-29-63(49-77(73)89)101(65-31-43-79(93)81(95)51-65)61-25-17-55(18-26-61)56-19-27-62(28-20-56)102(66-32-44-80(94)82(96)52-66)64-30-42-74-72-10-6-8-12-76(72)90(78(74)50-64,88-85(99)47-60(92)48-86(88)100)58-23-39-70(40-24-58)104-68-35-15-54(4-2)16-36-68/h3-52H,1-2H2. The Labute approximate surface area is 591 Å². The molecule has 0 N–H and O–H groups in total. The molecule has 506 valence electrons. The Morgan fingerprint density at radius 3 is 0.894 bits per heavy atom. The van der Waals surface area contributed by atoms with Crippen LogP contribution in [0.5, 0.6) is 23.0 Å². The summed E-state index contributed by atoms with van der Waals surface area (Å²) in [5, 5.41) is 0. The van der Waals surface area contributed by atoms with Crippen molar-refractivity contribution in [1.82, 2.24) is 0 Å².